The number of nitrogens with zero attached hydrogens (tertiary/aromatic N) is 1. The van der Waals surface area contributed by atoms with Crippen LogP contribution in [0, 0.1) is 0 Å². The van der Waals surface area contributed by atoms with Crippen molar-refractivity contribution < 1.29 is 13.2 Å². The Labute approximate surface area is 139 Å². The Morgan fingerprint density at radius 2 is 1.96 bits per heavy atom. The number of rotatable bonds is 7. The summed E-state index contributed by atoms with van der Waals surface area (Å²) >= 11 is 1.34. The lowest BCUT2D eigenvalue weighted by Gasteiger charge is -2.01. The molecular weight excluding hydrogens is 334 g/mol. The number of carbonyl (C=O) groups is 1. The summed E-state index contributed by atoms with van der Waals surface area (Å²) in [6, 6.07) is 6.16. The maximum Gasteiger partial charge on any atom is 0.238 e. The molecule has 1 heterocycles. The lowest BCUT2D eigenvalue weighted by Crippen LogP contribution is -2.11. The zero-order valence-corrected chi connectivity index (χ0v) is 14.4. The molecule has 3 N–H and O–H groups in total. The number of anilines is 1. The first kappa shape index (κ1) is 17.6. The highest BCUT2D eigenvalue weighted by molar-refractivity contribution is 7.89. The molecule has 124 valence electrons. The SMILES string of the molecule is CCCCCC(=O)Nc1nc(-c2ccc(S(N)(=O)=O)cc2)cs1. The van der Waals surface area contributed by atoms with E-state index >= 15 is 0 Å². The van der Waals surface area contributed by atoms with Crippen LogP contribution in [0.15, 0.2) is 34.5 Å². The maximum atomic E-state index is 11.8. The van der Waals surface area contributed by atoms with Gasteiger partial charge in [0.2, 0.25) is 15.9 Å². The molecule has 0 aliphatic carbocycles. The number of hydrogen-bond donors (Lipinski definition) is 2. The monoisotopic (exact) mass is 353 g/mol. The zero-order valence-electron chi connectivity index (χ0n) is 12.8. The van der Waals surface area contributed by atoms with E-state index in [1.165, 1.54) is 23.5 Å². The molecule has 1 aromatic heterocycles. The van der Waals surface area contributed by atoms with Crippen LogP contribution >= 0.6 is 11.3 Å². The fourth-order valence-electron chi connectivity index (χ4n) is 2.00. The lowest BCUT2D eigenvalue weighted by atomic mass is 10.2. The second-order valence-electron chi connectivity index (χ2n) is 5.11. The molecule has 1 amide bonds. The van der Waals surface area contributed by atoms with Crippen LogP contribution in [-0.4, -0.2) is 19.3 Å². The standard InChI is InChI=1S/C15H19N3O3S2/c1-2-3-4-5-14(19)18-15-17-13(10-22-15)11-6-8-12(9-7-11)23(16,20)21/h6-10H,2-5H2,1H3,(H2,16,20,21)(H,17,18,19). The van der Waals surface area contributed by atoms with Gasteiger partial charge in [-0.15, -0.1) is 11.3 Å². The van der Waals surface area contributed by atoms with Crippen molar-refractivity contribution in [3.05, 3.63) is 29.6 Å². The number of nitrogens with one attached hydrogen (secondary N) is 1. The second-order valence-corrected chi connectivity index (χ2v) is 7.53. The largest absolute Gasteiger partial charge is 0.302 e. The van der Waals surface area contributed by atoms with Crippen LogP contribution in [-0.2, 0) is 14.8 Å². The van der Waals surface area contributed by atoms with Crippen molar-refractivity contribution in [2.45, 2.75) is 37.5 Å². The number of aromatic nitrogens is 1. The molecular formula is C15H19N3O3S2. The Hall–Kier alpha value is -1.77. The van der Waals surface area contributed by atoms with Crippen LogP contribution in [0.2, 0.25) is 0 Å². The molecule has 1 aromatic carbocycles. The van der Waals surface area contributed by atoms with Gasteiger partial charge in [-0.1, -0.05) is 31.9 Å². The van der Waals surface area contributed by atoms with Gasteiger partial charge in [-0.25, -0.2) is 18.5 Å². The molecule has 0 atom stereocenters. The molecule has 0 bridgehead atoms. The Morgan fingerprint density at radius 1 is 1.26 bits per heavy atom. The Kier molecular flexibility index (Phi) is 5.86. The van der Waals surface area contributed by atoms with Gasteiger partial charge in [0.1, 0.15) is 0 Å². The highest BCUT2D eigenvalue weighted by atomic mass is 32.2. The molecule has 6 nitrogen and oxygen atoms in total. The van der Waals surface area contributed by atoms with Crippen molar-refractivity contribution in [2.24, 2.45) is 5.14 Å². The first-order valence-corrected chi connectivity index (χ1v) is 9.71. The highest BCUT2D eigenvalue weighted by Crippen LogP contribution is 2.25. The van der Waals surface area contributed by atoms with Crippen LogP contribution in [0.1, 0.15) is 32.6 Å². The smallest absolute Gasteiger partial charge is 0.238 e. The number of amides is 1. The number of unbranched alkanes of at least 4 members (excludes halogenated alkanes) is 2. The average molecular weight is 353 g/mol. The maximum absolute atomic E-state index is 11.8. The highest BCUT2D eigenvalue weighted by Gasteiger charge is 2.10. The predicted octanol–water partition coefficient (Wildman–Crippen LogP) is 2.98. The number of hydrogen-bond acceptors (Lipinski definition) is 5. The van der Waals surface area contributed by atoms with E-state index in [2.05, 4.69) is 17.2 Å². The molecule has 0 spiro atoms. The van der Waals surface area contributed by atoms with Gasteiger partial charge in [0, 0.05) is 17.4 Å². The van der Waals surface area contributed by atoms with Crippen LogP contribution in [0.4, 0.5) is 5.13 Å². The molecule has 0 radical (unpaired) electrons. The van der Waals surface area contributed by atoms with Gasteiger partial charge in [0.15, 0.2) is 5.13 Å². The van der Waals surface area contributed by atoms with Crippen LogP contribution in [0.5, 0.6) is 0 Å². The van der Waals surface area contributed by atoms with Crippen molar-refractivity contribution in [1.29, 1.82) is 0 Å². The van der Waals surface area contributed by atoms with E-state index in [0.29, 0.717) is 17.2 Å². The molecule has 0 saturated carbocycles. The first-order chi connectivity index (χ1) is 10.9. The lowest BCUT2D eigenvalue weighted by molar-refractivity contribution is -0.116. The molecule has 0 unspecified atom stereocenters. The van der Waals surface area contributed by atoms with E-state index in [1.807, 2.05) is 5.38 Å². The summed E-state index contributed by atoms with van der Waals surface area (Å²) in [6.07, 6.45) is 3.47. The molecule has 23 heavy (non-hydrogen) atoms. The Balaban J connectivity index is 2.03. The zero-order chi connectivity index (χ0) is 16.9. The van der Waals surface area contributed by atoms with Crippen molar-refractivity contribution >= 4 is 32.4 Å². The van der Waals surface area contributed by atoms with E-state index < -0.39 is 10.0 Å². The topological polar surface area (TPSA) is 102 Å². The van der Waals surface area contributed by atoms with Gasteiger partial charge in [0.25, 0.3) is 0 Å². The summed E-state index contributed by atoms with van der Waals surface area (Å²) in [5.41, 5.74) is 1.44. The van der Waals surface area contributed by atoms with Crippen molar-refractivity contribution in [3.63, 3.8) is 0 Å². The number of carbonyl (C=O) groups excluding carboxylic acids is 1. The van der Waals surface area contributed by atoms with E-state index in [-0.39, 0.29) is 10.8 Å². The molecule has 0 aliphatic heterocycles. The summed E-state index contributed by atoms with van der Waals surface area (Å²) in [5.74, 6) is -0.0380. The van der Waals surface area contributed by atoms with Gasteiger partial charge in [-0.05, 0) is 18.6 Å². The van der Waals surface area contributed by atoms with E-state index in [1.54, 1.807) is 12.1 Å². The van der Waals surface area contributed by atoms with Gasteiger partial charge in [0.05, 0.1) is 10.6 Å². The summed E-state index contributed by atoms with van der Waals surface area (Å²) in [6.45, 7) is 2.09. The van der Waals surface area contributed by atoms with E-state index in [0.717, 1.165) is 24.8 Å². The van der Waals surface area contributed by atoms with Gasteiger partial charge < -0.3 is 5.32 Å². The summed E-state index contributed by atoms with van der Waals surface area (Å²) in [7, 11) is -3.70. The minimum absolute atomic E-state index is 0.0380. The van der Waals surface area contributed by atoms with E-state index in [9.17, 15) is 13.2 Å². The van der Waals surface area contributed by atoms with Gasteiger partial charge >= 0.3 is 0 Å². The number of nitrogens with two attached hydrogens (primary N) is 1. The third-order valence-electron chi connectivity index (χ3n) is 3.24. The minimum Gasteiger partial charge on any atom is -0.302 e. The van der Waals surface area contributed by atoms with Crippen molar-refractivity contribution in [1.82, 2.24) is 4.98 Å². The quantitative estimate of drug-likeness (QED) is 0.747. The van der Waals surface area contributed by atoms with Crippen LogP contribution in [0.3, 0.4) is 0 Å². The third-order valence-corrected chi connectivity index (χ3v) is 4.92. The Morgan fingerprint density at radius 3 is 2.57 bits per heavy atom. The summed E-state index contributed by atoms with van der Waals surface area (Å²) in [4.78, 5) is 16.2. The third kappa shape index (κ3) is 5.12. The number of benzene rings is 1. The normalized spacial score (nSPS) is 11.4. The molecule has 8 heteroatoms. The van der Waals surface area contributed by atoms with Gasteiger partial charge in [-0.2, -0.15) is 0 Å². The van der Waals surface area contributed by atoms with Crippen LogP contribution in [0.25, 0.3) is 11.3 Å². The predicted molar refractivity (Wildman–Crippen MR) is 91.7 cm³/mol. The average Bonchev–Trinajstić information content (AvgIpc) is 2.95. The molecule has 0 saturated heterocycles. The van der Waals surface area contributed by atoms with Crippen LogP contribution < -0.4 is 10.5 Å². The van der Waals surface area contributed by atoms with Crippen molar-refractivity contribution in [2.75, 3.05) is 5.32 Å². The van der Waals surface area contributed by atoms with Gasteiger partial charge in [-0.3, -0.25) is 4.79 Å². The summed E-state index contributed by atoms with van der Waals surface area (Å²) in [5, 5.41) is 10.2. The summed E-state index contributed by atoms with van der Waals surface area (Å²) < 4.78 is 22.5. The first-order valence-electron chi connectivity index (χ1n) is 7.29. The van der Waals surface area contributed by atoms with Crippen molar-refractivity contribution in [3.8, 4) is 11.3 Å². The number of sulfonamides is 1. The fourth-order valence-corrected chi connectivity index (χ4v) is 3.25. The molecule has 0 fully saturated rings. The number of thiazole rings is 1. The Bertz CT molecular complexity index is 768. The van der Waals surface area contributed by atoms with E-state index in [4.69, 9.17) is 5.14 Å². The molecule has 0 aliphatic rings. The molecule has 2 aromatic rings. The number of primary sulfonamides is 1. The molecule has 2 rings (SSSR count). The fraction of sp³-hybridized carbons (Fsp3) is 0.333. The second kappa shape index (κ2) is 7.67. The minimum atomic E-state index is -3.70.